The van der Waals surface area contributed by atoms with Gasteiger partial charge in [0.05, 0.1) is 39.3 Å². The number of ether oxygens (including phenoxy) is 4. The zero-order valence-corrected chi connectivity index (χ0v) is 31.8. The number of methoxy groups -OCH3 is 3. The summed E-state index contributed by atoms with van der Waals surface area (Å²) in [6.45, 7) is 2.02. The van der Waals surface area contributed by atoms with E-state index in [1.54, 1.807) is 67.6 Å². The van der Waals surface area contributed by atoms with Crippen molar-refractivity contribution in [3.8, 4) is 17.2 Å². The predicted molar refractivity (Wildman–Crippen MR) is 209 cm³/mol. The van der Waals surface area contributed by atoms with Crippen LogP contribution in [0.3, 0.4) is 0 Å². The minimum atomic E-state index is -0.581. The molecular weight excluding hydrogens is 715 g/mol. The lowest BCUT2D eigenvalue weighted by molar-refractivity contribution is -0.114. The number of carbonyl (C=O) groups is 4. The van der Waals surface area contributed by atoms with Crippen molar-refractivity contribution < 1.29 is 38.1 Å². The summed E-state index contributed by atoms with van der Waals surface area (Å²) in [6, 6.07) is 18.9. The highest BCUT2D eigenvalue weighted by molar-refractivity contribution is 8.00. The lowest BCUT2D eigenvalue weighted by Gasteiger charge is -2.15. The fourth-order valence-electron chi connectivity index (χ4n) is 5.89. The first-order valence-corrected chi connectivity index (χ1v) is 19.1. The molecule has 0 unspecified atom stereocenters. The van der Waals surface area contributed by atoms with Gasteiger partial charge in [-0.05, 0) is 92.3 Å². The van der Waals surface area contributed by atoms with Gasteiger partial charge < -0.3 is 34.9 Å². The largest absolute Gasteiger partial charge is 0.493 e. The van der Waals surface area contributed by atoms with E-state index in [4.69, 9.17) is 18.9 Å². The number of esters is 1. The smallest absolute Gasteiger partial charge is 0.341 e. The van der Waals surface area contributed by atoms with Gasteiger partial charge in [-0.3, -0.25) is 14.4 Å². The van der Waals surface area contributed by atoms with Crippen LogP contribution in [0, 0.1) is 0 Å². The number of thioether (sulfide) groups is 1. The molecule has 5 rings (SSSR count). The Morgan fingerprint density at radius 2 is 1.55 bits per heavy atom. The van der Waals surface area contributed by atoms with Crippen molar-refractivity contribution >= 4 is 63.6 Å². The lowest BCUT2D eigenvalue weighted by Crippen LogP contribution is -2.30. The molecule has 0 saturated carbocycles. The Kier molecular flexibility index (Phi) is 14.0. The Morgan fingerprint density at radius 3 is 2.23 bits per heavy atom. The number of anilines is 2. The van der Waals surface area contributed by atoms with Crippen LogP contribution in [-0.2, 0) is 27.2 Å². The van der Waals surface area contributed by atoms with E-state index < -0.39 is 17.8 Å². The molecule has 1 aliphatic carbocycles. The van der Waals surface area contributed by atoms with Gasteiger partial charge in [0, 0.05) is 21.0 Å². The number of thiophene rings is 1. The molecule has 3 N–H and O–H groups in total. The van der Waals surface area contributed by atoms with Crippen LogP contribution >= 0.6 is 23.1 Å². The molecule has 0 spiro atoms. The van der Waals surface area contributed by atoms with Gasteiger partial charge >= 0.3 is 5.97 Å². The molecular formula is C40H43N3O8S2. The maximum atomic E-state index is 13.8. The summed E-state index contributed by atoms with van der Waals surface area (Å²) in [5, 5.41) is 9.11. The molecule has 1 heterocycles. The number of benzene rings is 3. The molecule has 4 aromatic rings. The molecule has 53 heavy (non-hydrogen) atoms. The second-order valence-electron chi connectivity index (χ2n) is 12.0. The second kappa shape index (κ2) is 19.0. The maximum Gasteiger partial charge on any atom is 0.341 e. The molecule has 3 amide bonds. The lowest BCUT2D eigenvalue weighted by atomic mass is 9.96. The molecule has 0 radical (unpaired) electrons. The third-order valence-corrected chi connectivity index (χ3v) is 10.6. The van der Waals surface area contributed by atoms with Gasteiger partial charge in [-0.15, -0.1) is 23.1 Å². The van der Waals surface area contributed by atoms with Crippen LogP contribution in [0.5, 0.6) is 17.2 Å². The van der Waals surface area contributed by atoms with Crippen molar-refractivity contribution in [3.63, 3.8) is 0 Å². The van der Waals surface area contributed by atoms with Gasteiger partial charge in [-0.1, -0.05) is 37.1 Å². The summed E-state index contributed by atoms with van der Waals surface area (Å²) >= 11 is 2.75. The molecule has 278 valence electrons. The topological polar surface area (TPSA) is 141 Å². The molecule has 0 bridgehead atoms. The van der Waals surface area contributed by atoms with Crippen LogP contribution in [0.2, 0.25) is 0 Å². The summed E-state index contributed by atoms with van der Waals surface area (Å²) in [6.07, 6.45) is 7.49. The van der Waals surface area contributed by atoms with E-state index in [0.29, 0.717) is 44.6 Å². The van der Waals surface area contributed by atoms with Crippen LogP contribution in [0.4, 0.5) is 10.7 Å². The third kappa shape index (κ3) is 10.2. The van der Waals surface area contributed by atoms with Crippen LogP contribution in [-0.4, -0.2) is 57.4 Å². The average Bonchev–Trinajstić information content (AvgIpc) is 3.48. The SMILES string of the molecule is CCOC(=O)c1c(NC(=O)CSc2cccc(NC(=O)/C(=C\c3cc(OC)c(OC)c(OC)c3)NC(=O)c3ccccc3)c2)sc2c1CCCCCC2. The number of hydrogen-bond acceptors (Lipinski definition) is 10. The van der Waals surface area contributed by atoms with E-state index in [1.807, 2.05) is 6.07 Å². The number of carbonyl (C=O) groups excluding carboxylic acids is 4. The van der Waals surface area contributed by atoms with Crippen molar-refractivity contribution in [2.75, 3.05) is 44.3 Å². The molecule has 0 fully saturated rings. The third-order valence-electron chi connectivity index (χ3n) is 8.39. The van der Waals surface area contributed by atoms with E-state index >= 15 is 0 Å². The van der Waals surface area contributed by atoms with E-state index in [9.17, 15) is 19.2 Å². The number of amides is 3. The highest BCUT2D eigenvalue weighted by Gasteiger charge is 2.26. The highest BCUT2D eigenvalue weighted by atomic mass is 32.2. The number of fused-ring (bicyclic) bond motifs is 1. The standard InChI is InChI=1S/C40H43N3O8S2/c1-5-51-40(47)35-29-18-11-6-7-12-19-33(29)53-39(35)43-34(44)24-52-28-17-13-16-27(23-28)41-38(46)30(42-37(45)26-14-9-8-10-15-26)20-25-21-31(48-2)36(50-4)32(22-25)49-3/h8-10,13-17,20-23H,5-7,11-12,18-19,24H2,1-4H3,(H,41,46)(H,42,45)(H,43,44)/b30-20+. The zero-order valence-electron chi connectivity index (χ0n) is 30.2. The van der Waals surface area contributed by atoms with Gasteiger partial charge in [-0.2, -0.15) is 0 Å². The van der Waals surface area contributed by atoms with Crippen LogP contribution < -0.4 is 30.2 Å². The Labute approximate surface area is 317 Å². The van der Waals surface area contributed by atoms with Crippen molar-refractivity contribution in [1.29, 1.82) is 0 Å². The van der Waals surface area contributed by atoms with Crippen molar-refractivity contribution in [2.24, 2.45) is 0 Å². The van der Waals surface area contributed by atoms with Crippen molar-refractivity contribution in [1.82, 2.24) is 5.32 Å². The summed E-state index contributed by atoms with van der Waals surface area (Å²) in [5.74, 6) is -0.512. The molecule has 1 aliphatic rings. The Balaban J connectivity index is 1.32. The first-order valence-electron chi connectivity index (χ1n) is 17.3. The minimum absolute atomic E-state index is 0.0342. The number of hydrogen-bond donors (Lipinski definition) is 3. The van der Waals surface area contributed by atoms with E-state index in [1.165, 1.54) is 50.5 Å². The first-order chi connectivity index (χ1) is 25.7. The fraction of sp³-hybridized carbons (Fsp3) is 0.300. The van der Waals surface area contributed by atoms with Gasteiger partial charge in [0.25, 0.3) is 11.8 Å². The Bertz CT molecular complexity index is 1950. The van der Waals surface area contributed by atoms with Crippen molar-refractivity contribution in [3.05, 3.63) is 99.6 Å². The fourth-order valence-corrected chi connectivity index (χ4v) is 7.94. The minimum Gasteiger partial charge on any atom is -0.493 e. The van der Waals surface area contributed by atoms with E-state index in [-0.39, 0.29) is 24.0 Å². The van der Waals surface area contributed by atoms with Crippen molar-refractivity contribution in [2.45, 2.75) is 50.3 Å². The predicted octanol–water partition coefficient (Wildman–Crippen LogP) is 7.75. The number of nitrogens with one attached hydrogen (secondary N) is 3. The van der Waals surface area contributed by atoms with Gasteiger partial charge in [-0.25, -0.2) is 4.79 Å². The van der Waals surface area contributed by atoms with Gasteiger partial charge in [0.2, 0.25) is 11.7 Å². The summed E-state index contributed by atoms with van der Waals surface area (Å²) < 4.78 is 21.8. The molecule has 0 aliphatic heterocycles. The highest BCUT2D eigenvalue weighted by Crippen LogP contribution is 2.39. The molecule has 13 heteroatoms. The van der Waals surface area contributed by atoms with Gasteiger partial charge in [0.1, 0.15) is 10.7 Å². The van der Waals surface area contributed by atoms with Crippen LogP contribution in [0.1, 0.15) is 69.3 Å². The second-order valence-corrected chi connectivity index (χ2v) is 14.2. The number of rotatable bonds is 14. The monoisotopic (exact) mass is 757 g/mol. The first kappa shape index (κ1) is 38.9. The maximum absolute atomic E-state index is 13.8. The van der Waals surface area contributed by atoms with E-state index in [0.717, 1.165) is 53.9 Å². The van der Waals surface area contributed by atoms with Gasteiger partial charge in [0.15, 0.2) is 11.5 Å². The Morgan fingerprint density at radius 1 is 0.830 bits per heavy atom. The van der Waals surface area contributed by atoms with Crippen LogP contribution in [0.25, 0.3) is 6.08 Å². The molecule has 11 nitrogen and oxygen atoms in total. The molecule has 1 aromatic heterocycles. The average molecular weight is 758 g/mol. The normalized spacial score (nSPS) is 12.7. The van der Waals surface area contributed by atoms with E-state index in [2.05, 4.69) is 16.0 Å². The molecule has 3 aromatic carbocycles. The molecule has 0 saturated heterocycles. The zero-order chi connectivity index (χ0) is 37.7. The number of aryl methyl sites for hydroxylation is 1. The summed E-state index contributed by atoms with van der Waals surface area (Å²) in [5.41, 5.74) is 2.78. The summed E-state index contributed by atoms with van der Waals surface area (Å²) in [7, 11) is 4.47. The molecule has 0 atom stereocenters. The van der Waals surface area contributed by atoms with Crippen LogP contribution in [0.15, 0.2) is 77.3 Å². The Hall–Kier alpha value is -5.27. The quantitative estimate of drug-likeness (QED) is 0.0669. The summed E-state index contributed by atoms with van der Waals surface area (Å²) in [4.78, 5) is 55.0.